The summed E-state index contributed by atoms with van der Waals surface area (Å²) < 4.78 is 11.6. The number of amides is 4. The number of benzene rings is 2. The van der Waals surface area contributed by atoms with Gasteiger partial charge >= 0.3 is 0 Å². The minimum Gasteiger partial charge on any atom is -0.491 e. The van der Waals surface area contributed by atoms with Crippen molar-refractivity contribution in [3.8, 4) is 17.0 Å². The summed E-state index contributed by atoms with van der Waals surface area (Å²) in [5, 5.41) is 6.55. The quantitative estimate of drug-likeness (QED) is 0.443. The molecule has 0 saturated carbocycles. The van der Waals surface area contributed by atoms with Gasteiger partial charge in [-0.15, -0.1) is 0 Å². The van der Waals surface area contributed by atoms with Crippen LogP contribution in [0, 0.1) is 6.92 Å². The number of piperidine rings is 2. The first-order chi connectivity index (χ1) is 19.9. The number of nitrogens with zero attached hydrogens (tertiary/aromatic N) is 3. The first kappa shape index (κ1) is 26.7. The molecule has 1 unspecified atom stereocenters. The Labute approximate surface area is 237 Å². The maximum Gasteiger partial charge on any atom is 0.255 e. The predicted molar refractivity (Wildman–Crippen MR) is 148 cm³/mol. The zero-order chi connectivity index (χ0) is 28.5. The highest BCUT2D eigenvalue weighted by atomic mass is 16.5. The first-order valence-electron chi connectivity index (χ1n) is 14.1. The predicted octanol–water partition coefficient (Wildman–Crippen LogP) is 3.41. The van der Waals surface area contributed by atoms with Crippen LogP contribution in [-0.4, -0.2) is 63.8 Å². The van der Waals surface area contributed by atoms with Gasteiger partial charge in [-0.1, -0.05) is 35.5 Å². The molecule has 0 radical (unpaired) electrons. The first-order valence-corrected chi connectivity index (χ1v) is 14.1. The second-order valence-corrected chi connectivity index (χ2v) is 10.9. The van der Waals surface area contributed by atoms with Crippen molar-refractivity contribution in [2.24, 2.45) is 0 Å². The second-order valence-electron chi connectivity index (χ2n) is 10.9. The van der Waals surface area contributed by atoms with Gasteiger partial charge in [-0.2, -0.15) is 0 Å². The van der Waals surface area contributed by atoms with Crippen LogP contribution in [0.25, 0.3) is 11.3 Å². The van der Waals surface area contributed by atoms with E-state index in [4.69, 9.17) is 9.26 Å². The van der Waals surface area contributed by atoms with Crippen LogP contribution in [0.4, 0.5) is 0 Å². The summed E-state index contributed by atoms with van der Waals surface area (Å²) in [5.41, 5.74) is 3.73. The van der Waals surface area contributed by atoms with Gasteiger partial charge < -0.3 is 19.1 Å². The molecule has 3 aromatic rings. The lowest BCUT2D eigenvalue weighted by atomic mass is 9.99. The van der Waals surface area contributed by atoms with Crippen LogP contribution in [0.3, 0.4) is 0 Å². The Bertz CT molecular complexity index is 1500. The summed E-state index contributed by atoms with van der Waals surface area (Å²) in [4.78, 5) is 53.8. The molecule has 1 N–H and O–H groups in total. The molecule has 2 saturated heterocycles. The molecule has 10 nitrogen and oxygen atoms in total. The highest BCUT2D eigenvalue weighted by Gasteiger charge is 2.39. The number of hydrogen-bond acceptors (Lipinski definition) is 7. The summed E-state index contributed by atoms with van der Waals surface area (Å²) in [6, 6.07) is 14.3. The van der Waals surface area contributed by atoms with Crippen molar-refractivity contribution in [2.45, 2.75) is 64.1 Å². The number of carbonyl (C=O) groups is 4. The van der Waals surface area contributed by atoms with E-state index in [0.717, 1.165) is 36.0 Å². The number of hydrogen-bond donors (Lipinski definition) is 1. The molecule has 0 aliphatic carbocycles. The third-order valence-electron chi connectivity index (χ3n) is 8.24. The molecule has 6 rings (SSSR count). The molecule has 3 aliphatic rings. The molecule has 10 heteroatoms. The number of nitrogens with one attached hydrogen (secondary N) is 1. The second kappa shape index (κ2) is 11.2. The maximum atomic E-state index is 13.5. The Hall–Kier alpha value is -4.47. The van der Waals surface area contributed by atoms with E-state index in [1.165, 1.54) is 4.90 Å². The summed E-state index contributed by atoms with van der Waals surface area (Å²) in [6.07, 6.45) is 3.53. The zero-order valence-electron chi connectivity index (χ0n) is 22.9. The smallest absolute Gasteiger partial charge is 0.255 e. The van der Waals surface area contributed by atoms with Crippen molar-refractivity contribution < 1.29 is 28.4 Å². The molecule has 1 aromatic heterocycles. The zero-order valence-corrected chi connectivity index (χ0v) is 22.9. The average molecular weight is 557 g/mol. The Morgan fingerprint density at radius 3 is 2.73 bits per heavy atom. The van der Waals surface area contributed by atoms with Gasteiger partial charge in [-0.3, -0.25) is 24.5 Å². The lowest BCUT2D eigenvalue weighted by Crippen LogP contribution is -2.52. The van der Waals surface area contributed by atoms with Crippen molar-refractivity contribution in [3.63, 3.8) is 0 Å². The van der Waals surface area contributed by atoms with Crippen LogP contribution in [0.1, 0.15) is 59.3 Å². The summed E-state index contributed by atoms with van der Waals surface area (Å²) >= 11 is 0. The minimum absolute atomic E-state index is 0.0150. The van der Waals surface area contributed by atoms with E-state index in [9.17, 15) is 19.2 Å². The largest absolute Gasteiger partial charge is 0.491 e. The van der Waals surface area contributed by atoms with Crippen molar-refractivity contribution in [3.05, 3.63) is 71.0 Å². The van der Waals surface area contributed by atoms with Crippen molar-refractivity contribution in [1.29, 1.82) is 0 Å². The average Bonchev–Trinajstić information content (AvgIpc) is 3.51. The molecular formula is C31H32N4O6. The van der Waals surface area contributed by atoms with Crippen LogP contribution in [0.2, 0.25) is 0 Å². The fourth-order valence-electron chi connectivity index (χ4n) is 6.01. The number of ether oxygens (including phenoxy) is 1. The number of rotatable bonds is 7. The standard InChI is InChI=1S/C31H32N4O6/c1-19-25(29(33-41-19)20-7-3-2-4-8-20)16-28(37)34-14-6-5-9-22(34)18-40-23-10-11-24-21(15-23)17-35(31(24)39)26-12-13-27(36)32-30(26)38/h2-4,7-8,10-11,15,22,26H,5-6,9,12-14,16-18H2,1H3,(H,32,36,38)/t22-,26?/m0/s1. The summed E-state index contributed by atoms with van der Waals surface area (Å²) in [5.74, 6) is 0.305. The van der Waals surface area contributed by atoms with Gasteiger partial charge in [0, 0.05) is 36.2 Å². The Morgan fingerprint density at radius 1 is 1.10 bits per heavy atom. The SMILES string of the molecule is Cc1onc(-c2ccccc2)c1CC(=O)N1CCCC[C@H]1COc1ccc2c(c1)CN(C1CCC(=O)NC1=O)C2=O. The summed E-state index contributed by atoms with van der Waals surface area (Å²) in [7, 11) is 0. The third kappa shape index (κ3) is 5.33. The van der Waals surface area contributed by atoms with Gasteiger partial charge in [0.2, 0.25) is 17.7 Å². The van der Waals surface area contributed by atoms with Gasteiger partial charge in [-0.05, 0) is 56.4 Å². The Balaban J connectivity index is 1.11. The van der Waals surface area contributed by atoms with Crippen LogP contribution in [0.5, 0.6) is 5.75 Å². The lowest BCUT2D eigenvalue weighted by Gasteiger charge is -2.35. The van der Waals surface area contributed by atoms with E-state index in [1.54, 1.807) is 12.1 Å². The highest BCUT2D eigenvalue weighted by Crippen LogP contribution is 2.31. The number of carbonyl (C=O) groups excluding carboxylic acids is 4. The fraction of sp³-hybridized carbons (Fsp3) is 0.387. The number of fused-ring (bicyclic) bond motifs is 1. The molecule has 2 fully saturated rings. The number of aryl methyl sites for hydroxylation is 1. The molecule has 2 atom stereocenters. The van der Waals surface area contributed by atoms with E-state index in [2.05, 4.69) is 10.5 Å². The van der Waals surface area contributed by atoms with Crippen LogP contribution < -0.4 is 10.1 Å². The molecule has 0 bridgehead atoms. The fourth-order valence-corrected chi connectivity index (χ4v) is 6.01. The van der Waals surface area contributed by atoms with Gasteiger partial charge in [0.05, 0.1) is 12.5 Å². The molecule has 212 valence electrons. The normalized spacial score (nSPS) is 20.7. The molecule has 2 aromatic carbocycles. The van der Waals surface area contributed by atoms with Crippen molar-refractivity contribution >= 4 is 23.6 Å². The maximum absolute atomic E-state index is 13.5. The van der Waals surface area contributed by atoms with Crippen molar-refractivity contribution in [1.82, 2.24) is 20.3 Å². The van der Waals surface area contributed by atoms with E-state index in [0.29, 0.717) is 42.3 Å². The molecular weight excluding hydrogens is 524 g/mol. The van der Waals surface area contributed by atoms with E-state index in [-0.39, 0.29) is 43.1 Å². The van der Waals surface area contributed by atoms with E-state index in [1.807, 2.05) is 48.2 Å². The number of likely N-dealkylation sites (tertiary alicyclic amines) is 1. The van der Waals surface area contributed by atoms with Crippen LogP contribution in [0.15, 0.2) is 53.1 Å². The monoisotopic (exact) mass is 556 g/mol. The number of imide groups is 1. The van der Waals surface area contributed by atoms with Gasteiger partial charge in [0.25, 0.3) is 5.91 Å². The lowest BCUT2D eigenvalue weighted by molar-refractivity contribution is -0.137. The molecule has 41 heavy (non-hydrogen) atoms. The van der Waals surface area contributed by atoms with Crippen LogP contribution >= 0.6 is 0 Å². The van der Waals surface area contributed by atoms with Crippen LogP contribution in [-0.2, 0) is 27.3 Å². The third-order valence-corrected chi connectivity index (χ3v) is 8.24. The number of aromatic nitrogens is 1. The van der Waals surface area contributed by atoms with E-state index < -0.39 is 11.9 Å². The molecule has 4 amide bonds. The summed E-state index contributed by atoms with van der Waals surface area (Å²) in [6.45, 7) is 3.12. The highest BCUT2D eigenvalue weighted by molar-refractivity contribution is 6.05. The molecule has 0 spiro atoms. The molecule has 4 heterocycles. The van der Waals surface area contributed by atoms with Gasteiger partial charge in [-0.25, -0.2) is 0 Å². The minimum atomic E-state index is -0.657. The van der Waals surface area contributed by atoms with Gasteiger partial charge in [0.15, 0.2) is 0 Å². The topological polar surface area (TPSA) is 122 Å². The Morgan fingerprint density at radius 2 is 1.93 bits per heavy atom. The van der Waals surface area contributed by atoms with Crippen molar-refractivity contribution in [2.75, 3.05) is 13.2 Å². The van der Waals surface area contributed by atoms with E-state index >= 15 is 0 Å². The molecule has 3 aliphatic heterocycles. The van der Waals surface area contributed by atoms with Gasteiger partial charge in [0.1, 0.15) is 29.9 Å². The Kier molecular flexibility index (Phi) is 7.30.